The normalized spacial score (nSPS) is 12.2. The second kappa shape index (κ2) is 4.33. The summed E-state index contributed by atoms with van der Waals surface area (Å²) >= 11 is 5.80. The van der Waals surface area contributed by atoms with Crippen LogP contribution in [0.5, 0.6) is 5.75 Å². The van der Waals surface area contributed by atoms with E-state index in [1.54, 1.807) is 18.2 Å². The lowest BCUT2D eigenvalue weighted by Gasteiger charge is -2.15. The van der Waals surface area contributed by atoms with Crippen LogP contribution in [0.4, 0.5) is 0 Å². The van der Waals surface area contributed by atoms with Crippen molar-refractivity contribution >= 4 is 17.6 Å². The van der Waals surface area contributed by atoms with Gasteiger partial charge >= 0.3 is 0 Å². The third kappa shape index (κ3) is 2.64. The number of aryl methyl sites for hydroxylation is 1. The highest BCUT2D eigenvalue weighted by molar-refractivity contribution is 6.31. The van der Waals surface area contributed by atoms with Gasteiger partial charge in [0, 0.05) is 5.02 Å². The third-order valence-electron chi connectivity index (χ3n) is 1.77. The zero-order chi connectivity index (χ0) is 10.7. The Labute approximate surface area is 87.3 Å². The zero-order valence-corrected chi connectivity index (χ0v) is 8.67. The summed E-state index contributed by atoms with van der Waals surface area (Å²) in [7, 11) is 0. The van der Waals surface area contributed by atoms with E-state index in [0.717, 1.165) is 5.56 Å². The van der Waals surface area contributed by atoms with Gasteiger partial charge in [-0.1, -0.05) is 11.6 Å². The first kappa shape index (κ1) is 10.9. The molecule has 1 aromatic rings. The predicted octanol–water partition coefficient (Wildman–Crippen LogP) is 1.17. The second-order valence-electron chi connectivity index (χ2n) is 2.99. The molecule has 1 rings (SSSR count). The number of ether oxygens (including phenoxy) is 1. The Hall–Kier alpha value is -1.22. The van der Waals surface area contributed by atoms with E-state index in [9.17, 15) is 9.90 Å². The number of carbonyl (C=O) groups is 1. The standard InChI is InChI=1S/C10H11ClO3/c1-6-5-8(3-4-9(6)11)14-7(2)10(12)13/h3-5,7H,1-2H3,(H,12,13)/p-1/t7-/m0/s1. The van der Waals surface area contributed by atoms with Crippen LogP contribution >= 0.6 is 11.6 Å². The van der Waals surface area contributed by atoms with Gasteiger partial charge in [0.25, 0.3) is 0 Å². The Morgan fingerprint density at radius 3 is 2.71 bits per heavy atom. The fourth-order valence-electron chi connectivity index (χ4n) is 0.943. The first-order valence-corrected chi connectivity index (χ1v) is 4.52. The van der Waals surface area contributed by atoms with Crippen LogP contribution in [0.15, 0.2) is 18.2 Å². The van der Waals surface area contributed by atoms with Crippen LogP contribution in [0.2, 0.25) is 5.02 Å². The number of rotatable bonds is 3. The van der Waals surface area contributed by atoms with Crippen LogP contribution in [0.3, 0.4) is 0 Å². The summed E-state index contributed by atoms with van der Waals surface area (Å²) in [5, 5.41) is 11.0. The molecule has 0 fully saturated rings. The number of hydrogen-bond donors (Lipinski definition) is 0. The Morgan fingerprint density at radius 1 is 1.57 bits per heavy atom. The summed E-state index contributed by atoms with van der Waals surface area (Å²) in [5.74, 6) is -0.763. The van der Waals surface area contributed by atoms with Crippen molar-refractivity contribution in [2.45, 2.75) is 20.0 Å². The molecule has 4 heteroatoms. The van der Waals surface area contributed by atoms with Gasteiger partial charge in [0.1, 0.15) is 11.9 Å². The maximum absolute atomic E-state index is 10.4. The van der Waals surface area contributed by atoms with Gasteiger partial charge in [-0.25, -0.2) is 0 Å². The van der Waals surface area contributed by atoms with Gasteiger partial charge in [0.15, 0.2) is 0 Å². The van der Waals surface area contributed by atoms with Crippen molar-refractivity contribution in [3.8, 4) is 5.75 Å². The summed E-state index contributed by atoms with van der Waals surface area (Å²) in [6, 6.07) is 4.96. The largest absolute Gasteiger partial charge is 0.546 e. The second-order valence-corrected chi connectivity index (χ2v) is 3.40. The minimum absolute atomic E-state index is 0.476. The van der Waals surface area contributed by atoms with E-state index in [2.05, 4.69) is 0 Å². The molecule has 0 aromatic heterocycles. The van der Waals surface area contributed by atoms with Crippen molar-refractivity contribution in [3.63, 3.8) is 0 Å². The Balaban J connectivity index is 2.78. The van der Waals surface area contributed by atoms with E-state index < -0.39 is 12.1 Å². The summed E-state index contributed by atoms with van der Waals surface area (Å²) in [5.41, 5.74) is 0.842. The van der Waals surface area contributed by atoms with Crippen molar-refractivity contribution in [1.29, 1.82) is 0 Å². The Morgan fingerprint density at radius 2 is 2.21 bits per heavy atom. The monoisotopic (exact) mass is 213 g/mol. The van der Waals surface area contributed by atoms with Crippen LogP contribution in [-0.2, 0) is 4.79 Å². The predicted molar refractivity (Wildman–Crippen MR) is 51.3 cm³/mol. The van der Waals surface area contributed by atoms with Gasteiger partial charge in [-0.2, -0.15) is 0 Å². The lowest BCUT2D eigenvalue weighted by atomic mass is 10.2. The summed E-state index contributed by atoms with van der Waals surface area (Å²) < 4.78 is 5.09. The summed E-state index contributed by atoms with van der Waals surface area (Å²) in [6.45, 7) is 3.23. The molecule has 0 unspecified atom stereocenters. The topological polar surface area (TPSA) is 49.4 Å². The Bertz CT molecular complexity index is 349. The number of benzene rings is 1. The molecule has 14 heavy (non-hydrogen) atoms. The van der Waals surface area contributed by atoms with Crippen molar-refractivity contribution in [2.24, 2.45) is 0 Å². The fourth-order valence-corrected chi connectivity index (χ4v) is 1.06. The van der Waals surface area contributed by atoms with Gasteiger partial charge in [-0.05, 0) is 37.6 Å². The SMILES string of the molecule is Cc1cc(O[C@@H](C)C(=O)[O-])ccc1Cl. The molecule has 1 aromatic carbocycles. The van der Waals surface area contributed by atoms with E-state index >= 15 is 0 Å². The Kier molecular flexibility index (Phi) is 3.36. The van der Waals surface area contributed by atoms with Gasteiger partial charge in [-0.15, -0.1) is 0 Å². The van der Waals surface area contributed by atoms with Crippen LogP contribution in [0.1, 0.15) is 12.5 Å². The molecule has 0 aliphatic rings. The summed E-state index contributed by atoms with van der Waals surface area (Å²) in [6.07, 6.45) is -0.962. The van der Waals surface area contributed by atoms with Gasteiger partial charge in [0.05, 0.1) is 5.97 Å². The number of hydrogen-bond acceptors (Lipinski definition) is 3. The molecule has 76 valence electrons. The van der Waals surface area contributed by atoms with E-state index in [-0.39, 0.29) is 0 Å². The quantitative estimate of drug-likeness (QED) is 0.757. The van der Waals surface area contributed by atoms with Gasteiger partial charge in [0.2, 0.25) is 0 Å². The van der Waals surface area contributed by atoms with Crippen molar-refractivity contribution < 1.29 is 14.6 Å². The molecule has 0 aliphatic carbocycles. The van der Waals surface area contributed by atoms with Crippen molar-refractivity contribution in [3.05, 3.63) is 28.8 Å². The molecule has 0 N–H and O–H groups in total. The van der Waals surface area contributed by atoms with Crippen LogP contribution in [-0.4, -0.2) is 12.1 Å². The third-order valence-corrected chi connectivity index (χ3v) is 2.20. The molecule has 0 bridgehead atoms. The van der Waals surface area contributed by atoms with Crippen LogP contribution in [0.25, 0.3) is 0 Å². The van der Waals surface area contributed by atoms with E-state index in [0.29, 0.717) is 10.8 Å². The number of carbonyl (C=O) groups excluding carboxylic acids is 1. The fraction of sp³-hybridized carbons (Fsp3) is 0.300. The molecular formula is C10H10ClO3-. The average molecular weight is 214 g/mol. The van der Waals surface area contributed by atoms with Gasteiger partial charge < -0.3 is 14.6 Å². The molecule has 1 atom stereocenters. The molecule has 0 saturated carbocycles. The number of carboxylic acids is 1. The molecule has 3 nitrogen and oxygen atoms in total. The number of aliphatic carboxylic acids is 1. The minimum atomic E-state index is -1.24. The molecule has 0 radical (unpaired) electrons. The maximum Gasteiger partial charge on any atom is 0.135 e. The molecule has 0 amide bonds. The van der Waals surface area contributed by atoms with Crippen molar-refractivity contribution in [2.75, 3.05) is 0 Å². The van der Waals surface area contributed by atoms with E-state index in [4.69, 9.17) is 16.3 Å². The van der Waals surface area contributed by atoms with E-state index in [1.165, 1.54) is 6.92 Å². The van der Waals surface area contributed by atoms with Crippen LogP contribution in [0, 0.1) is 6.92 Å². The average Bonchev–Trinajstić information content (AvgIpc) is 2.11. The highest BCUT2D eigenvalue weighted by Gasteiger charge is 2.05. The maximum atomic E-state index is 10.4. The zero-order valence-electron chi connectivity index (χ0n) is 7.91. The first-order chi connectivity index (χ1) is 6.50. The highest BCUT2D eigenvalue weighted by atomic mass is 35.5. The molecule has 0 spiro atoms. The lowest BCUT2D eigenvalue weighted by molar-refractivity contribution is -0.312. The number of halogens is 1. The minimum Gasteiger partial charge on any atom is -0.546 e. The summed E-state index contributed by atoms with van der Waals surface area (Å²) in [4.78, 5) is 10.4. The molecule has 0 heterocycles. The van der Waals surface area contributed by atoms with Crippen molar-refractivity contribution in [1.82, 2.24) is 0 Å². The molecule has 0 saturated heterocycles. The highest BCUT2D eigenvalue weighted by Crippen LogP contribution is 2.21. The molecule has 0 aliphatic heterocycles. The first-order valence-electron chi connectivity index (χ1n) is 4.14. The molecular weight excluding hydrogens is 204 g/mol. The van der Waals surface area contributed by atoms with E-state index in [1.807, 2.05) is 6.92 Å². The lowest BCUT2D eigenvalue weighted by Crippen LogP contribution is -2.37. The van der Waals surface area contributed by atoms with Crippen LogP contribution < -0.4 is 9.84 Å². The van der Waals surface area contributed by atoms with Gasteiger partial charge in [-0.3, -0.25) is 0 Å². The number of carboxylic acid groups (broad SMARTS) is 1. The smallest absolute Gasteiger partial charge is 0.135 e.